The SMILES string of the molecule is COc1ccc(CN[C@H](C)c2ccccc2)cc1-c1ccc2nccnc2c1. The van der Waals surface area contributed by atoms with Crippen molar-refractivity contribution in [1.82, 2.24) is 15.3 Å². The third-order valence-electron chi connectivity index (χ3n) is 4.96. The Kier molecular flexibility index (Phi) is 5.31. The Morgan fingerprint density at radius 2 is 1.68 bits per heavy atom. The van der Waals surface area contributed by atoms with Crippen LogP contribution in [0.15, 0.2) is 79.1 Å². The Bertz CT molecular complexity index is 1080. The van der Waals surface area contributed by atoms with E-state index in [1.807, 2.05) is 18.2 Å². The van der Waals surface area contributed by atoms with Crippen LogP contribution in [0.3, 0.4) is 0 Å². The topological polar surface area (TPSA) is 47.0 Å². The predicted octanol–water partition coefficient (Wildman–Crippen LogP) is 5.16. The van der Waals surface area contributed by atoms with Gasteiger partial charge < -0.3 is 10.1 Å². The summed E-state index contributed by atoms with van der Waals surface area (Å²) in [5.41, 5.74) is 6.38. The minimum Gasteiger partial charge on any atom is -0.496 e. The summed E-state index contributed by atoms with van der Waals surface area (Å²) in [5, 5.41) is 3.60. The summed E-state index contributed by atoms with van der Waals surface area (Å²) >= 11 is 0. The van der Waals surface area contributed by atoms with E-state index in [1.54, 1.807) is 19.5 Å². The lowest BCUT2D eigenvalue weighted by Gasteiger charge is -2.16. The molecule has 0 fully saturated rings. The first-order chi connectivity index (χ1) is 13.7. The van der Waals surface area contributed by atoms with Crippen molar-refractivity contribution in [2.75, 3.05) is 7.11 Å². The molecule has 0 aliphatic rings. The minimum atomic E-state index is 0.280. The summed E-state index contributed by atoms with van der Waals surface area (Å²) in [5.74, 6) is 0.850. The summed E-state index contributed by atoms with van der Waals surface area (Å²) in [6.07, 6.45) is 3.43. The maximum absolute atomic E-state index is 5.61. The third kappa shape index (κ3) is 3.87. The van der Waals surface area contributed by atoms with Crippen LogP contribution in [0.5, 0.6) is 5.75 Å². The van der Waals surface area contributed by atoms with Crippen LogP contribution in [0.1, 0.15) is 24.1 Å². The molecule has 0 amide bonds. The number of nitrogens with one attached hydrogen (secondary N) is 1. The van der Waals surface area contributed by atoms with E-state index in [2.05, 4.69) is 70.7 Å². The van der Waals surface area contributed by atoms with E-state index in [9.17, 15) is 0 Å². The van der Waals surface area contributed by atoms with Gasteiger partial charge in [0.2, 0.25) is 0 Å². The molecule has 1 aromatic heterocycles. The van der Waals surface area contributed by atoms with Gasteiger partial charge in [-0.25, -0.2) is 0 Å². The fourth-order valence-electron chi connectivity index (χ4n) is 3.35. The number of rotatable bonds is 6. The van der Waals surface area contributed by atoms with Crippen LogP contribution in [0, 0.1) is 0 Å². The lowest BCUT2D eigenvalue weighted by Crippen LogP contribution is -2.18. The highest BCUT2D eigenvalue weighted by molar-refractivity contribution is 5.83. The van der Waals surface area contributed by atoms with Crippen LogP contribution in [-0.4, -0.2) is 17.1 Å². The molecule has 4 nitrogen and oxygen atoms in total. The van der Waals surface area contributed by atoms with E-state index in [0.717, 1.165) is 34.5 Å². The number of nitrogens with zero attached hydrogens (tertiary/aromatic N) is 2. The molecule has 1 N–H and O–H groups in total. The standard InChI is InChI=1S/C24H23N3O/c1-17(19-6-4-3-5-7-19)27-16-18-8-11-24(28-2)21(14-18)20-9-10-22-23(15-20)26-13-12-25-22/h3-15,17,27H,16H2,1-2H3/t17-/m1/s1. The molecule has 4 heteroatoms. The van der Waals surface area contributed by atoms with E-state index in [-0.39, 0.29) is 6.04 Å². The summed E-state index contributed by atoms with van der Waals surface area (Å²) in [6, 6.07) is 23.2. The fourth-order valence-corrected chi connectivity index (χ4v) is 3.35. The summed E-state index contributed by atoms with van der Waals surface area (Å²) in [6.45, 7) is 2.96. The van der Waals surface area contributed by atoms with Gasteiger partial charge in [0.25, 0.3) is 0 Å². The van der Waals surface area contributed by atoms with Gasteiger partial charge in [-0.15, -0.1) is 0 Å². The molecule has 1 atom stereocenters. The van der Waals surface area contributed by atoms with Crippen molar-refractivity contribution in [3.8, 4) is 16.9 Å². The van der Waals surface area contributed by atoms with Gasteiger partial charge in [0.05, 0.1) is 18.1 Å². The van der Waals surface area contributed by atoms with Gasteiger partial charge in [-0.05, 0) is 47.9 Å². The molecule has 140 valence electrons. The quantitative estimate of drug-likeness (QED) is 0.510. The number of benzene rings is 3. The van der Waals surface area contributed by atoms with E-state index >= 15 is 0 Å². The second-order valence-corrected chi connectivity index (χ2v) is 6.81. The van der Waals surface area contributed by atoms with E-state index < -0.39 is 0 Å². The van der Waals surface area contributed by atoms with Crippen LogP contribution in [-0.2, 0) is 6.54 Å². The molecule has 0 spiro atoms. The normalized spacial score (nSPS) is 12.1. The van der Waals surface area contributed by atoms with Crippen molar-refractivity contribution in [3.63, 3.8) is 0 Å². The van der Waals surface area contributed by atoms with Gasteiger partial charge in [0, 0.05) is 30.5 Å². The number of fused-ring (bicyclic) bond motifs is 1. The third-order valence-corrected chi connectivity index (χ3v) is 4.96. The average Bonchev–Trinajstić information content (AvgIpc) is 2.77. The van der Waals surface area contributed by atoms with Crippen molar-refractivity contribution in [2.24, 2.45) is 0 Å². The lowest BCUT2D eigenvalue weighted by molar-refractivity contribution is 0.416. The first-order valence-electron chi connectivity index (χ1n) is 9.41. The largest absolute Gasteiger partial charge is 0.496 e. The van der Waals surface area contributed by atoms with Crippen LogP contribution in [0.4, 0.5) is 0 Å². The molecule has 3 aromatic carbocycles. The van der Waals surface area contributed by atoms with Crippen LogP contribution in [0.25, 0.3) is 22.2 Å². The van der Waals surface area contributed by atoms with E-state index in [4.69, 9.17) is 4.74 Å². The van der Waals surface area contributed by atoms with Crippen LogP contribution < -0.4 is 10.1 Å². The molecule has 28 heavy (non-hydrogen) atoms. The highest BCUT2D eigenvalue weighted by atomic mass is 16.5. The first kappa shape index (κ1) is 18.1. The van der Waals surface area contributed by atoms with Crippen molar-refractivity contribution in [2.45, 2.75) is 19.5 Å². The van der Waals surface area contributed by atoms with Crippen molar-refractivity contribution >= 4 is 11.0 Å². The molecular formula is C24H23N3O. The molecule has 0 bridgehead atoms. The van der Waals surface area contributed by atoms with Crippen LogP contribution in [0.2, 0.25) is 0 Å². The zero-order valence-electron chi connectivity index (χ0n) is 16.1. The predicted molar refractivity (Wildman–Crippen MR) is 113 cm³/mol. The molecule has 0 unspecified atom stereocenters. The molecular weight excluding hydrogens is 346 g/mol. The van der Waals surface area contributed by atoms with E-state index in [1.165, 1.54) is 11.1 Å². The molecule has 0 saturated heterocycles. The Morgan fingerprint density at radius 3 is 2.46 bits per heavy atom. The molecule has 0 saturated carbocycles. The monoisotopic (exact) mass is 369 g/mol. The lowest BCUT2D eigenvalue weighted by atomic mass is 10.0. The Morgan fingerprint density at radius 1 is 0.893 bits per heavy atom. The average molecular weight is 369 g/mol. The Balaban J connectivity index is 1.60. The maximum Gasteiger partial charge on any atom is 0.126 e. The molecule has 1 heterocycles. The minimum absolute atomic E-state index is 0.280. The number of hydrogen-bond donors (Lipinski definition) is 1. The summed E-state index contributed by atoms with van der Waals surface area (Å²) in [7, 11) is 1.70. The molecule has 0 radical (unpaired) electrons. The molecule has 4 rings (SSSR count). The zero-order chi connectivity index (χ0) is 19.3. The van der Waals surface area contributed by atoms with Crippen molar-refractivity contribution in [3.05, 3.63) is 90.3 Å². The van der Waals surface area contributed by atoms with Crippen molar-refractivity contribution < 1.29 is 4.74 Å². The van der Waals surface area contributed by atoms with Crippen molar-refractivity contribution in [1.29, 1.82) is 0 Å². The van der Waals surface area contributed by atoms with Gasteiger partial charge in [-0.2, -0.15) is 0 Å². The van der Waals surface area contributed by atoms with Gasteiger partial charge in [-0.1, -0.05) is 42.5 Å². The second-order valence-electron chi connectivity index (χ2n) is 6.81. The van der Waals surface area contributed by atoms with Gasteiger partial charge in [-0.3, -0.25) is 9.97 Å². The van der Waals surface area contributed by atoms with Gasteiger partial charge >= 0.3 is 0 Å². The number of hydrogen-bond acceptors (Lipinski definition) is 4. The smallest absolute Gasteiger partial charge is 0.126 e. The number of methoxy groups -OCH3 is 1. The summed E-state index contributed by atoms with van der Waals surface area (Å²) in [4.78, 5) is 8.77. The zero-order valence-corrected chi connectivity index (χ0v) is 16.1. The number of aromatic nitrogens is 2. The Hall–Kier alpha value is -3.24. The highest BCUT2D eigenvalue weighted by Crippen LogP contribution is 2.32. The first-order valence-corrected chi connectivity index (χ1v) is 9.41. The van der Waals surface area contributed by atoms with Crippen LogP contribution >= 0.6 is 0 Å². The summed E-state index contributed by atoms with van der Waals surface area (Å²) < 4.78 is 5.61. The number of ether oxygens (including phenoxy) is 1. The fraction of sp³-hybridized carbons (Fsp3) is 0.167. The second kappa shape index (κ2) is 8.19. The van der Waals surface area contributed by atoms with Gasteiger partial charge in [0.1, 0.15) is 5.75 Å². The van der Waals surface area contributed by atoms with E-state index in [0.29, 0.717) is 0 Å². The molecule has 0 aliphatic carbocycles. The maximum atomic E-state index is 5.61. The Labute approximate surface area is 165 Å². The molecule has 4 aromatic rings. The van der Waals surface area contributed by atoms with Gasteiger partial charge in [0.15, 0.2) is 0 Å². The highest BCUT2D eigenvalue weighted by Gasteiger charge is 2.10. The molecule has 0 aliphatic heterocycles.